The van der Waals surface area contributed by atoms with E-state index in [0.29, 0.717) is 0 Å². The third kappa shape index (κ3) is 6.21. The maximum Gasteiger partial charge on any atom is 0.200 e. The summed E-state index contributed by atoms with van der Waals surface area (Å²) in [6.07, 6.45) is 0. The molecule has 0 atom stereocenters. The smallest absolute Gasteiger partial charge is 0.200 e. The Hall–Kier alpha value is -6.58. The molecule has 254 valence electrons. The van der Waals surface area contributed by atoms with Crippen molar-refractivity contribution in [2.45, 2.75) is 26.2 Å². The van der Waals surface area contributed by atoms with E-state index in [0.717, 1.165) is 78.4 Å². The van der Waals surface area contributed by atoms with Crippen LogP contribution in [0.4, 0.5) is 0 Å². The minimum atomic E-state index is -0.165. The molecule has 0 aliphatic heterocycles. The highest BCUT2D eigenvalue weighted by Crippen LogP contribution is 2.43. The molecule has 2 aromatic heterocycles. The predicted octanol–water partition coefficient (Wildman–Crippen LogP) is 13.7. The maximum absolute atomic E-state index is 6.26. The summed E-state index contributed by atoms with van der Waals surface area (Å²) in [5, 5.41) is 2.40. The molecule has 0 radical (unpaired) electrons. The summed E-state index contributed by atoms with van der Waals surface area (Å²) in [7, 11) is 0. The van der Waals surface area contributed by atoms with E-state index in [2.05, 4.69) is 191 Å². The van der Waals surface area contributed by atoms with E-state index in [1.54, 1.807) is 0 Å². The van der Waals surface area contributed by atoms with Gasteiger partial charge in [0.2, 0.25) is 5.89 Å². The van der Waals surface area contributed by atoms with Crippen molar-refractivity contribution in [3.05, 3.63) is 182 Å². The molecule has 3 heteroatoms. The summed E-state index contributed by atoms with van der Waals surface area (Å²) < 4.78 is 6.26. The molecule has 0 bridgehead atoms. The van der Waals surface area contributed by atoms with Gasteiger partial charge in [-0.1, -0.05) is 166 Å². The highest BCUT2D eigenvalue weighted by atomic mass is 16.3. The minimum Gasteiger partial charge on any atom is -0.440 e. The summed E-state index contributed by atoms with van der Waals surface area (Å²) >= 11 is 0. The molecule has 0 amide bonds. The highest BCUT2D eigenvalue weighted by molar-refractivity contribution is 6.06. The number of hydrogen-bond donors (Lipinski definition) is 0. The molecule has 7 aromatic carbocycles. The molecular weight excluding hydrogens is 645 g/mol. The van der Waals surface area contributed by atoms with Crippen LogP contribution in [0.3, 0.4) is 0 Å². The van der Waals surface area contributed by atoms with Crippen LogP contribution in [0.2, 0.25) is 0 Å². The van der Waals surface area contributed by atoms with Crippen LogP contribution in [0.15, 0.2) is 180 Å². The lowest BCUT2D eigenvalue weighted by Gasteiger charge is -2.18. The standard InChI is InChI=1S/C50H38N2O/c1-50(2,3)49-52-44-28-26-37(32-47(44)53-49)36-20-14-21-38(29-36)48-40-22-11-10-17-34(40)25-27-43(48)41-23-12-13-24-42(41)46-31-39(33-15-6-4-7-16-33)30-45(51-46)35-18-8-5-9-19-35/h4-32H,1-3H3. The number of benzene rings is 7. The van der Waals surface area contributed by atoms with Gasteiger partial charge in [0.1, 0.15) is 5.52 Å². The number of fused-ring (bicyclic) bond motifs is 2. The fraction of sp³-hybridized carbons (Fsp3) is 0.0800. The van der Waals surface area contributed by atoms with Crippen LogP contribution in [0, 0.1) is 0 Å². The van der Waals surface area contributed by atoms with Crippen molar-refractivity contribution >= 4 is 21.9 Å². The third-order valence-electron chi connectivity index (χ3n) is 9.94. The predicted molar refractivity (Wildman–Crippen MR) is 221 cm³/mol. The van der Waals surface area contributed by atoms with Crippen molar-refractivity contribution in [1.82, 2.24) is 9.97 Å². The van der Waals surface area contributed by atoms with Gasteiger partial charge in [-0.2, -0.15) is 0 Å². The number of pyridine rings is 1. The lowest BCUT2D eigenvalue weighted by Crippen LogP contribution is -2.10. The first kappa shape index (κ1) is 32.3. The third-order valence-corrected chi connectivity index (χ3v) is 9.94. The SMILES string of the molecule is CC(C)(C)c1nc2ccc(-c3cccc(-c4c(-c5ccccc5-c5cc(-c6ccccc6)cc(-c6ccccc6)n5)ccc5ccccc45)c3)cc2o1. The summed E-state index contributed by atoms with van der Waals surface area (Å²) in [5.41, 5.74) is 14.7. The van der Waals surface area contributed by atoms with E-state index in [-0.39, 0.29) is 5.41 Å². The van der Waals surface area contributed by atoms with Gasteiger partial charge in [-0.25, -0.2) is 9.97 Å². The van der Waals surface area contributed by atoms with Crippen molar-refractivity contribution in [1.29, 1.82) is 0 Å². The quantitative estimate of drug-likeness (QED) is 0.175. The number of hydrogen-bond acceptors (Lipinski definition) is 3. The van der Waals surface area contributed by atoms with Gasteiger partial charge in [-0.05, 0) is 85.6 Å². The van der Waals surface area contributed by atoms with Crippen LogP contribution in [0.5, 0.6) is 0 Å². The van der Waals surface area contributed by atoms with Crippen molar-refractivity contribution in [2.24, 2.45) is 0 Å². The number of aromatic nitrogens is 2. The van der Waals surface area contributed by atoms with E-state index in [9.17, 15) is 0 Å². The second-order valence-electron chi connectivity index (χ2n) is 14.6. The molecule has 0 saturated carbocycles. The van der Waals surface area contributed by atoms with Crippen molar-refractivity contribution in [2.75, 3.05) is 0 Å². The van der Waals surface area contributed by atoms with Crippen LogP contribution >= 0.6 is 0 Å². The molecule has 0 aliphatic rings. The normalized spacial score (nSPS) is 11.7. The lowest BCUT2D eigenvalue weighted by molar-refractivity contribution is 0.411. The average molecular weight is 683 g/mol. The van der Waals surface area contributed by atoms with Crippen molar-refractivity contribution in [3.63, 3.8) is 0 Å². The fourth-order valence-electron chi connectivity index (χ4n) is 7.25. The largest absolute Gasteiger partial charge is 0.440 e. The van der Waals surface area contributed by atoms with Gasteiger partial charge in [0.05, 0.1) is 11.4 Å². The molecule has 2 heterocycles. The van der Waals surface area contributed by atoms with E-state index < -0.39 is 0 Å². The number of rotatable bonds is 6. The van der Waals surface area contributed by atoms with Gasteiger partial charge in [0.25, 0.3) is 0 Å². The van der Waals surface area contributed by atoms with E-state index in [1.807, 2.05) is 6.07 Å². The molecule has 9 rings (SSSR count). The van der Waals surface area contributed by atoms with Crippen LogP contribution in [-0.4, -0.2) is 9.97 Å². The van der Waals surface area contributed by atoms with Crippen molar-refractivity contribution in [3.8, 4) is 67.0 Å². The second kappa shape index (κ2) is 13.2. The molecule has 0 aliphatic carbocycles. The topological polar surface area (TPSA) is 38.9 Å². The Morgan fingerprint density at radius 2 is 1.06 bits per heavy atom. The molecule has 0 spiro atoms. The van der Waals surface area contributed by atoms with Gasteiger partial charge in [-0.3, -0.25) is 0 Å². The van der Waals surface area contributed by atoms with E-state index >= 15 is 0 Å². The van der Waals surface area contributed by atoms with Gasteiger partial charge < -0.3 is 4.42 Å². The zero-order valence-corrected chi connectivity index (χ0v) is 30.0. The van der Waals surface area contributed by atoms with E-state index in [4.69, 9.17) is 14.4 Å². The molecule has 0 N–H and O–H groups in total. The molecule has 0 fully saturated rings. The Morgan fingerprint density at radius 1 is 0.415 bits per heavy atom. The highest BCUT2D eigenvalue weighted by Gasteiger charge is 2.22. The second-order valence-corrected chi connectivity index (χ2v) is 14.6. The Bertz CT molecular complexity index is 2700. The maximum atomic E-state index is 6.26. The van der Waals surface area contributed by atoms with Gasteiger partial charge >= 0.3 is 0 Å². The Labute approximate surface area is 310 Å². The molecule has 53 heavy (non-hydrogen) atoms. The fourth-order valence-corrected chi connectivity index (χ4v) is 7.25. The molecule has 0 unspecified atom stereocenters. The molecule has 9 aromatic rings. The van der Waals surface area contributed by atoms with Gasteiger partial charge in [0.15, 0.2) is 5.58 Å². The van der Waals surface area contributed by atoms with Gasteiger partial charge in [0, 0.05) is 16.5 Å². The van der Waals surface area contributed by atoms with Gasteiger partial charge in [-0.15, -0.1) is 0 Å². The van der Waals surface area contributed by atoms with Crippen LogP contribution in [-0.2, 0) is 5.41 Å². The van der Waals surface area contributed by atoms with E-state index in [1.165, 1.54) is 16.3 Å². The Kier molecular flexibility index (Phi) is 8.05. The summed E-state index contributed by atoms with van der Waals surface area (Å²) in [6, 6.07) is 62.5. The number of oxazole rings is 1. The monoisotopic (exact) mass is 682 g/mol. The zero-order chi connectivity index (χ0) is 35.9. The summed E-state index contributed by atoms with van der Waals surface area (Å²) in [4.78, 5) is 10.1. The average Bonchev–Trinajstić information content (AvgIpc) is 3.66. The van der Waals surface area contributed by atoms with Crippen LogP contribution in [0.1, 0.15) is 26.7 Å². The lowest BCUT2D eigenvalue weighted by atomic mass is 9.86. The Balaban J connectivity index is 1.23. The Morgan fingerprint density at radius 3 is 1.85 bits per heavy atom. The zero-order valence-electron chi connectivity index (χ0n) is 30.0. The summed E-state index contributed by atoms with van der Waals surface area (Å²) in [6.45, 7) is 6.38. The molecule has 3 nitrogen and oxygen atoms in total. The first-order valence-electron chi connectivity index (χ1n) is 18.2. The van der Waals surface area contributed by atoms with Crippen LogP contribution < -0.4 is 0 Å². The first-order valence-corrected chi connectivity index (χ1v) is 18.2. The minimum absolute atomic E-state index is 0.165. The molecule has 0 saturated heterocycles. The van der Waals surface area contributed by atoms with Crippen LogP contribution in [0.25, 0.3) is 88.9 Å². The van der Waals surface area contributed by atoms with Crippen molar-refractivity contribution < 1.29 is 4.42 Å². The first-order chi connectivity index (χ1) is 25.9. The number of nitrogens with zero attached hydrogens (tertiary/aromatic N) is 2. The summed E-state index contributed by atoms with van der Waals surface area (Å²) in [5.74, 6) is 0.747. The molecular formula is C50H38N2O.